The molecule has 5 aromatic rings. The summed E-state index contributed by atoms with van der Waals surface area (Å²) in [5.41, 5.74) is -5.15. The first-order valence-corrected chi connectivity index (χ1v) is 12.0. The molecule has 0 unspecified atom stereocenters. The fourth-order valence-electron chi connectivity index (χ4n) is 4.00. The Kier molecular flexibility index (Phi) is 10.5. The van der Waals surface area contributed by atoms with Crippen LogP contribution in [0.25, 0.3) is 33.6 Å². The second kappa shape index (κ2) is 13.5. The molecule has 2 aromatic heterocycles. The van der Waals surface area contributed by atoms with Gasteiger partial charge >= 0.3 is 18.5 Å². The van der Waals surface area contributed by atoms with Crippen LogP contribution in [0.1, 0.15) is 16.7 Å². The largest absolute Gasteiger partial charge is 0.401 e. The number of benzene rings is 3. The van der Waals surface area contributed by atoms with Crippen molar-refractivity contribution in [1.29, 1.82) is 0 Å². The van der Waals surface area contributed by atoms with Crippen molar-refractivity contribution >= 4 is 0 Å². The van der Waals surface area contributed by atoms with Crippen molar-refractivity contribution < 1.29 is 59.6 Å². The minimum Gasteiger partial charge on any atom is -0.305 e. The quantitative estimate of drug-likeness (QED) is 0.135. The molecule has 0 aliphatic heterocycles. The van der Waals surface area contributed by atoms with E-state index >= 15 is 0 Å². The Hall–Kier alpha value is -4.02. The molecule has 0 aliphatic rings. The van der Waals surface area contributed by atoms with Gasteiger partial charge in [0.15, 0.2) is 0 Å². The number of halogens is 9. The van der Waals surface area contributed by atoms with Gasteiger partial charge in [-0.15, -0.1) is 53.6 Å². The van der Waals surface area contributed by atoms with Gasteiger partial charge in [0.05, 0.1) is 0 Å². The van der Waals surface area contributed by atoms with Crippen LogP contribution in [0.5, 0.6) is 0 Å². The van der Waals surface area contributed by atoms with E-state index in [1.165, 1.54) is 23.3 Å². The van der Waals surface area contributed by atoms with Crippen molar-refractivity contribution in [3.8, 4) is 33.6 Å². The fraction of sp³-hybridized carbons (Fsp3) is 0.0968. The van der Waals surface area contributed by atoms with E-state index in [1.54, 1.807) is 6.07 Å². The molecule has 1 radical (unpaired) electrons. The minimum absolute atomic E-state index is 0. The summed E-state index contributed by atoms with van der Waals surface area (Å²) in [5, 5.41) is 0. The molecule has 43 heavy (non-hydrogen) atoms. The number of nitrogens with zero attached hydrogens (tertiary/aromatic N) is 2. The van der Waals surface area contributed by atoms with E-state index < -0.39 is 46.5 Å². The first kappa shape index (κ1) is 33.5. The van der Waals surface area contributed by atoms with E-state index in [0.717, 1.165) is 23.5 Å². The molecule has 0 aliphatic carbocycles. The van der Waals surface area contributed by atoms with Crippen molar-refractivity contribution in [2.24, 2.45) is 0 Å². The van der Waals surface area contributed by atoms with Crippen LogP contribution in [0.3, 0.4) is 0 Å². The third-order valence-corrected chi connectivity index (χ3v) is 5.78. The van der Waals surface area contributed by atoms with E-state index in [4.69, 9.17) is 0 Å². The molecule has 0 amide bonds. The normalized spacial score (nSPS) is 11.7. The topological polar surface area (TPSA) is 25.8 Å². The molecule has 0 fully saturated rings. The predicted octanol–water partition coefficient (Wildman–Crippen LogP) is 9.82. The first-order valence-electron chi connectivity index (χ1n) is 12.0. The van der Waals surface area contributed by atoms with Gasteiger partial charge in [-0.1, -0.05) is 48.5 Å². The number of hydrogen-bond acceptors (Lipinski definition) is 2. The third-order valence-electron chi connectivity index (χ3n) is 5.78. The van der Waals surface area contributed by atoms with Crippen LogP contribution in [-0.2, 0) is 38.6 Å². The molecular weight excluding hydrogens is 764 g/mol. The summed E-state index contributed by atoms with van der Waals surface area (Å²) in [6, 6.07) is 30.5. The molecule has 3 aromatic carbocycles. The standard InChI is InChI=1S/C17H12N.C14H5F9N.Ir/c1-3-7-14(8-4-1)16-11-12-18-17(13-16)15-9-5-2-6-10-15;15-12(16,17)8-5-4-7(9-3-1-2-6-24-9)10(13(18,19)20)11(8)14(21,22)23;/h1-9,11-13H;1-3,5-6H;/q2*-1;. The molecule has 5 rings (SSSR count). The van der Waals surface area contributed by atoms with E-state index in [2.05, 4.69) is 34.2 Å². The summed E-state index contributed by atoms with van der Waals surface area (Å²) in [7, 11) is 0. The monoisotopic (exact) mass is 781 g/mol. The van der Waals surface area contributed by atoms with Gasteiger partial charge in [-0.3, -0.25) is 0 Å². The van der Waals surface area contributed by atoms with Crippen LogP contribution in [-0.4, -0.2) is 9.97 Å². The predicted molar refractivity (Wildman–Crippen MR) is 137 cm³/mol. The summed E-state index contributed by atoms with van der Waals surface area (Å²) in [6.07, 6.45) is -14.4. The zero-order valence-electron chi connectivity index (χ0n) is 21.4. The van der Waals surface area contributed by atoms with Crippen LogP contribution in [0, 0.1) is 12.1 Å². The Morgan fingerprint density at radius 3 is 1.72 bits per heavy atom. The van der Waals surface area contributed by atoms with Gasteiger partial charge in [0.1, 0.15) is 0 Å². The van der Waals surface area contributed by atoms with Crippen molar-refractivity contribution in [2.75, 3.05) is 0 Å². The summed E-state index contributed by atoms with van der Waals surface area (Å²) >= 11 is 0. The van der Waals surface area contributed by atoms with E-state index in [1.807, 2.05) is 54.7 Å². The first-order chi connectivity index (χ1) is 19.8. The molecule has 2 heterocycles. The Morgan fingerprint density at radius 2 is 1.16 bits per heavy atom. The van der Waals surface area contributed by atoms with Crippen molar-refractivity contribution in [3.63, 3.8) is 0 Å². The molecular formula is C31H17F9IrN2-2. The second-order valence-electron chi connectivity index (χ2n) is 8.61. The molecule has 0 saturated carbocycles. The summed E-state index contributed by atoms with van der Waals surface area (Å²) in [6.45, 7) is 0. The van der Waals surface area contributed by atoms with Crippen molar-refractivity contribution in [2.45, 2.75) is 18.5 Å². The van der Waals surface area contributed by atoms with Gasteiger partial charge in [0.25, 0.3) is 0 Å². The average Bonchev–Trinajstić information content (AvgIpc) is 2.97. The fourth-order valence-corrected chi connectivity index (χ4v) is 4.00. The Labute approximate surface area is 253 Å². The molecule has 0 atom stereocenters. The number of alkyl halides is 9. The summed E-state index contributed by atoms with van der Waals surface area (Å²) < 4.78 is 117. The van der Waals surface area contributed by atoms with Crippen LogP contribution in [0.2, 0.25) is 0 Å². The van der Waals surface area contributed by atoms with E-state index in [0.29, 0.717) is 0 Å². The van der Waals surface area contributed by atoms with Crippen LogP contribution in [0.15, 0.2) is 103 Å². The summed E-state index contributed by atoms with van der Waals surface area (Å²) in [5.74, 6) is 0. The number of pyridine rings is 2. The molecule has 0 N–H and O–H groups in total. The zero-order valence-corrected chi connectivity index (χ0v) is 23.8. The van der Waals surface area contributed by atoms with E-state index in [-0.39, 0.29) is 26.2 Å². The van der Waals surface area contributed by atoms with Gasteiger partial charge < -0.3 is 9.97 Å². The molecule has 225 valence electrons. The molecule has 12 heteroatoms. The molecule has 0 spiro atoms. The summed E-state index contributed by atoms with van der Waals surface area (Å²) in [4.78, 5) is 7.86. The number of aromatic nitrogens is 2. The molecule has 0 bridgehead atoms. The number of hydrogen-bond donors (Lipinski definition) is 0. The zero-order chi connectivity index (χ0) is 30.5. The van der Waals surface area contributed by atoms with Gasteiger partial charge in [0.2, 0.25) is 0 Å². The van der Waals surface area contributed by atoms with Crippen LogP contribution >= 0.6 is 0 Å². The van der Waals surface area contributed by atoms with Gasteiger partial charge in [0, 0.05) is 32.5 Å². The Morgan fingerprint density at radius 1 is 0.535 bits per heavy atom. The molecule has 2 nitrogen and oxygen atoms in total. The Bertz CT molecular complexity index is 1560. The SMILES string of the molecule is FC(F)(F)c1c[c-]c(-c2ccccn2)c(C(F)(F)F)c1C(F)(F)F.[Ir].[c-]1ccccc1-c1cc(-c2ccccc2)ccn1. The maximum atomic E-state index is 13.2. The number of rotatable bonds is 3. The van der Waals surface area contributed by atoms with Gasteiger partial charge in [-0.05, 0) is 51.3 Å². The van der Waals surface area contributed by atoms with Crippen LogP contribution < -0.4 is 0 Å². The maximum absolute atomic E-state index is 13.2. The second-order valence-corrected chi connectivity index (χ2v) is 8.61. The van der Waals surface area contributed by atoms with Gasteiger partial charge in [-0.25, -0.2) is 0 Å². The Balaban J connectivity index is 0.000000238. The van der Waals surface area contributed by atoms with Crippen molar-refractivity contribution in [3.05, 3.63) is 132 Å². The maximum Gasteiger partial charge on any atom is 0.401 e. The van der Waals surface area contributed by atoms with Crippen LogP contribution in [0.4, 0.5) is 39.5 Å². The smallest absolute Gasteiger partial charge is 0.305 e. The van der Waals surface area contributed by atoms with Gasteiger partial charge in [-0.2, -0.15) is 39.5 Å². The molecule has 0 saturated heterocycles. The van der Waals surface area contributed by atoms with E-state index in [9.17, 15) is 39.5 Å². The minimum atomic E-state index is -5.88. The average molecular weight is 781 g/mol. The third kappa shape index (κ3) is 8.30. The van der Waals surface area contributed by atoms with Crippen molar-refractivity contribution in [1.82, 2.24) is 9.97 Å².